The first-order valence-electron chi connectivity index (χ1n) is 14.9. The minimum Gasteiger partial charge on any atom is -0.497 e. The summed E-state index contributed by atoms with van der Waals surface area (Å²) in [5, 5.41) is 8.15. The molecule has 2 aromatic rings. The van der Waals surface area contributed by atoms with E-state index < -0.39 is 29.7 Å². The molecule has 0 spiro atoms. The van der Waals surface area contributed by atoms with Gasteiger partial charge in [-0.15, -0.1) is 6.58 Å². The van der Waals surface area contributed by atoms with Crippen LogP contribution in [0.4, 0.5) is 22.0 Å². The van der Waals surface area contributed by atoms with Crippen molar-refractivity contribution in [3.05, 3.63) is 71.3 Å². The molecule has 0 aliphatic heterocycles. The van der Waals surface area contributed by atoms with E-state index in [1.807, 2.05) is 13.8 Å². The number of carbonyl (C=O) groups excluding carboxylic acids is 2. The molecule has 0 fully saturated rings. The third kappa shape index (κ3) is 15.4. The number of methoxy groups -OCH3 is 1. The van der Waals surface area contributed by atoms with Gasteiger partial charge in [0.15, 0.2) is 0 Å². The standard InChI is InChI=1S/C20H28ClF2NO2.C11H11F3O2.C3H8O/c1-5-8-15(9-6-2)20(22,23)12-7-13-26-16-10-11-17(18(21)14-16)19(25)24(3)4;1-7(15)10(11(12,13)14)8-4-3-5-9(6-8)16-2;1-2-3-4/h5,10-11,14-15H,1,6-9,12-13H2,2-4H3;3-6,10H,1-2H3;4H,2-3H2,1H3. The quantitative estimate of drug-likeness (QED) is 0.115. The van der Waals surface area contributed by atoms with Crippen LogP contribution in [0.15, 0.2) is 55.1 Å². The van der Waals surface area contributed by atoms with E-state index in [0.717, 1.165) is 19.8 Å². The summed E-state index contributed by atoms with van der Waals surface area (Å²) < 4.78 is 76.8. The number of allylic oxidation sites excluding steroid dienone is 1. The smallest absolute Gasteiger partial charge is 0.402 e. The van der Waals surface area contributed by atoms with Crippen molar-refractivity contribution in [3.8, 4) is 11.5 Å². The molecule has 0 saturated carbocycles. The number of ketones is 1. The molecule has 260 valence electrons. The Morgan fingerprint density at radius 2 is 1.67 bits per heavy atom. The lowest BCUT2D eigenvalue weighted by Gasteiger charge is -2.26. The van der Waals surface area contributed by atoms with Gasteiger partial charge in [0.2, 0.25) is 0 Å². The average Bonchev–Trinajstić information content (AvgIpc) is 2.98. The highest BCUT2D eigenvalue weighted by molar-refractivity contribution is 6.34. The van der Waals surface area contributed by atoms with E-state index in [9.17, 15) is 31.5 Å². The van der Waals surface area contributed by atoms with E-state index >= 15 is 0 Å². The van der Waals surface area contributed by atoms with Crippen LogP contribution in [-0.4, -0.2) is 68.2 Å². The lowest BCUT2D eigenvalue weighted by molar-refractivity contribution is -0.162. The van der Waals surface area contributed by atoms with Crippen molar-refractivity contribution in [1.82, 2.24) is 4.90 Å². The largest absolute Gasteiger partial charge is 0.497 e. The zero-order valence-electron chi connectivity index (χ0n) is 27.4. The second-order valence-electron chi connectivity index (χ2n) is 10.6. The Morgan fingerprint density at radius 3 is 2.13 bits per heavy atom. The molecule has 2 aromatic carbocycles. The van der Waals surface area contributed by atoms with Crippen LogP contribution in [0.2, 0.25) is 5.02 Å². The molecule has 2 unspecified atom stereocenters. The molecule has 0 aliphatic rings. The van der Waals surface area contributed by atoms with E-state index in [0.29, 0.717) is 36.5 Å². The van der Waals surface area contributed by atoms with Crippen molar-refractivity contribution in [1.29, 1.82) is 0 Å². The predicted molar refractivity (Wildman–Crippen MR) is 172 cm³/mol. The van der Waals surface area contributed by atoms with E-state index in [1.165, 1.54) is 42.3 Å². The molecule has 0 bridgehead atoms. The Hall–Kier alpha value is -3.18. The second-order valence-corrected chi connectivity index (χ2v) is 11.1. The molecule has 1 N–H and O–H groups in total. The molecule has 0 heterocycles. The number of rotatable bonds is 15. The summed E-state index contributed by atoms with van der Waals surface area (Å²) in [5.74, 6) is -5.85. The van der Waals surface area contributed by atoms with Gasteiger partial charge in [-0.05, 0) is 68.5 Å². The number of Topliss-reactive ketones (excluding diaryl/α,β-unsaturated/α-hetero) is 1. The molecule has 1 amide bonds. The van der Waals surface area contributed by atoms with E-state index in [4.69, 9.17) is 26.2 Å². The summed E-state index contributed by atoms with van der Waals surface area (Å²) in [7, 11) is 4.64. The molecule has 2 atom stereocenters. The lowest BCUT2D eigenvalue weighted by Crippen LogP contribution is -2.28. The van der Waals surface area contributed by atoms with E-state index in [2.05, 4.69) is 6.58 Å². The van der Waals surface area contributed by atoms with Gasteiger partial charge in [0.05, 0.1) is 24.3 Å². The molecule has 46 heavy (non-hydrogen) atoms. The zero-order valence-corrected chi connectivity index (χ0v) is 28.2. The Bertz CT molecular complexity index is 1200. The summed E-state index contributed by atoms with van der Waals surface area (Å²) in [5.41, 5.74) is 0.279. The van der Waals surface area contributed by atoms with Crippen molar-refractivity contribution in [2.45, 2.75) is 77.3 Å². The number of nitrogens with zero attached hydrogens (tertiary/aromatic N) is 1. The average molecular weight is 680 g/mol. The van der Waals surface area contributed by atoms with Crippen molar-refractivity contribution in [3.63, 3.8) is 0 Å². The number of hydrogen-bond acceptors (Lipinski definition) is 5. The molecule has 0 radical (unpaired) electrons. The van der Waals surface area contributed by atoms with E-state index in [1.54, 1.807) is 32.3 Å². The number of alkyl halides is 5. The molecule has 0 saturated heterocycles. The first kappa shape index (κ1) is 42.8. The van der Waals surface area contributed by atoms with Crippen LogP contribution >= 0.6 is 11.6 Å². The van der Waals surface area contributed by atoms with Gasteiger partial charge in [0, 0.05) is 33.0 Å². The summed E-state index contributed by atoms with van der Waals surface area (Å²) in [6.45, 7) is 8.82. The molecule has 12 heteroatoms. The highest BCUT2D eigenvalue weighted by atomic mass is 35.5. The number of aliphatic hydroxyl groups is 1. The summed E-state index contributed by atoms with van der Waals surface area (Å²) in [6.07, 6.45) is -0.602. The fraction of sp³-hybridized carbons (Fsp3) is 0.529. The molecule has 0 aliphatic carbocycles. The third-order valence-electron chi connectivity index (χ3n) is 6.57. The van der Waals surface area contributed by atoms with Gasteiger partial charge < -0.3 is 19.5 Å². The SMILES string of the molecule is C=CCC(CCC)C(F)(F)CCCOc1ccc(C(=O)N(C)C)c(Cl)c1.CCCO.COc1cccc(C(C(C)=O)C(F)(F)F)c1. The minimum absolute atomic E-state index is 0.0978. The maximum absolute atomic E-state index is 14.3. The Balaban J connectivity index is 0.000000857. The number of amides is 1. The van der Waals surface area contributed by atoms with Gasteiger partial charge in [0.25, 0.3) is 11.8 Å². The summed E-state index contributed by atoms with van der Waals surface area (Å²) in [4.78, 5) is 24.4. The van der Waals surface area contributed by atoms with Crippen molar-refractivity contribution >= 4 is 23.3 Å². The highest BCUT2D eigenvalue weighted by Crippen LogP contribution is 2.37. The highest BCUT2D eigenvalue weighted by Gasteiger charge is 2.44. The van der Waals surface area contributed by atoms with Crippen LogP contribution in [0.3, 0.4) is 0 Å². The third-order valence-corrected chi connectivity index (χ3v) is 6.88. The van der Waals surface area contributed by atoms with Crippen LogP contribution in [0, 0.1) is 5.92 Å². The van der Waals surface area contributed by atoms with Gasteiger partial charge in [-0.2, -0.15) is 13.2 Å². The minimum atomic E-state index is -4.57. The fourth-order valence-corrected chi connectivity index (χ4v) is 4.48. The van der Waals surface area contributed by atoms with Crippen LogP contribution in [0.25, 0.3) is 0 Å². The molecular formula is C34H47ClF5NO5. The maximum atomic E-state index is 14.3. The molecular weight excluding hydrogens is 633 g/mol. The van der Waals surface area contributed by atoms with Gasteiger partial charge in [-0.3, -0.25) is 9.59 Å². The van der Waals surface area contributed by atoms with Crippen LogP contribution < -0.4 is 9.47 Å². The van der Waals surface area contributed by atoms with Crippen molar-refractivity contribution in [2.24, 2.45) is 5.92 Å². The maximum Gasteiger partial charge on any atom is 0.402 e. The Labute approximate surface area is 274 Å². The number of halogens is 6. The summed E-state index contributed by atoms with van der Waals surface area (Å²) >= 11 is 6.11. The molecule has 2 rings (SSSR count). The number of benzene rings is 2. The van der Waals surface area contributed by atoms with Gasteiger partial charge in [-0.25, -0.2) is 8.78 Å². The second kappa shape index (κ2) is 21.6. The van der Waals surface area contributed by atoms with E-state index in [-0.39, 0.29) is 35.9 Å². The lowest BCUT2D eigenvalue weighted by atomic mass is 9.90. The van der Waals surface area contributed by atoms with Gasteiger partial charge in [0.1, 0.15) is 23.2 Å². The summed E-state index contributed by atoms with van der Waals surface area (Å²) in [6, 6.07) is 10.2. The number of hydrogen-bond donors (Lipinski definition) is 1. The number of carbonyl (C=O) groups is 2. The number of aliphatic hydroxyl groups excluding tert-OH is 1. The normalized spacial score (nSPS) is 12.4. The fourth-order valence-electron chi connectivity index (χ4n) is 4.23. The Kier molecular flexibility index (Phi) is 20.1. The topological polar surface area (TPSA) is 76.1 Å². The zero-order chi connectivity index (χ0) is 35.5. The van der Waals surface area contributed by atoms with Crippen LogP contribution in [-0.2, 0) is 4.79 Å². The predicted octanol–water partition coefficient (Wildman–Crippen LogP) is 9.15. The monoisotopic (exact) mass is 679 g/mol. The molecule has 6 nitrogen and oxygen atoms in total. The Morgan fingerprint density at radius 1 is 1.04 bits per heavy atom. The first-order chi connectivity index (χ1) is 21.5. The van der Waals surface area contributed by atoms with Gasteiger partial charge in [-0.1, -0.05) is 50.1 Å². The van der Waals surface area contributed by atoms with Gasteiger partial charge >= 0.3 is 6.18 Å². The molecule has 0 aromatic heterocycles. The van der Waals surface area contributed by atoms with Crippen molar-refractivity contribution < 1.29 is 46.1 Å². The first-order valence-corrected chi connectivity index (χ1v) is 15.3. The van der Waals surface area contributed by atoms with Crippen molar-refractivity contribution in [2.75, 3.05) is 34.4 Å². The van der Waals surface area contributed by atoms with Crippen LogP contribution in [0.5, 0.6) is 11.5 Å². The number of ether oxygens (including phenoxy) is 2. The van der Waals surface area contributed by atoms with Crippen LogP contribution in [0.1, 0.15) is 81.1 Å².